The van der Waals surface area contributed by atoms with E-state index in [1.54, 1.807) is 12.1 Å². The SMILES string of the molecule is Cc1c(C(=O)N2CCC(Cc3ccnc4ccccc34)C2)cccc1-c1ccc(OC(F)(F)F)cc1. The second kappa shape index (κ2) is 9.64. The number of para-hydroxylation sites is 1. The third-order valence-corrected chi connectivity index (χ3v) is 6.78. The van der Waals surface area contributed by atoms with Gasteiger partial charge in [-0.2, -0.15) is 0 Å². The number of benzene rings is 3. The predicted octanol–water partition coefficient (Wildman–Crippen LogP) is 6.81. The Labute approximate surface area is 207 Å². The van der Waals surface area contributed by atoms with Crippen LogP contribution < -0.4 is 4.74 Å². The first-order chi connectivity index (χ1) is 17.3. The molecule has 1 aromatic heterocycles. The van der Waals surface area contributed by atoms with Gasteiger partial charge >= 0.3 is 6.36 Å². The molecule has 5 rings (SSSR count). The Balaban J connectivity index is 1.31. The molecule has 7 heteroatoms. The number of halogens is 3. The molecular weight excluding hydrogens is 465 g/mol. The molecule has 0 N–H and O–H groups in total. The summed E-state index contributed by atoms with van der Waals surface area (Å²) in [5, 5.41) is 1.15. The lowest BCUT2D eigenvalue weighted by Gasteiger charge is -2.19. The quantitative estimate of drug-likeness (QED) is 0.309. The second-order valence-electron chi connectivity index (χ2n) is 9.15. The third-order valence-electron chi connectivity index (χ3n) is 6.78. The summed E-state index contributed by atoms with van der Waals surface area (Å²) in [5.74, 6) is 0.0686. The molecule has 2 heterocycles. The molecule has 4 aromatic rings. The molecule has 1 aliphatic rings. The van der Waals surface area contributed by atoms with Crippen molar-refractivity contribution in [2.75, 3.05) is 13.1 Å². The Kier molecular flexibility index (Phi) is 6.39. The van der Waals surface area contributed by atoms with Crippen molar-refractivity contribution < 1.29 is 22.7 Å². The number of alkyl halides is 3. The first-order valence-corrected chi connectivity index (χ1v) is 11.9. The molecule has 184 valence electrons. The minimum absolute atomic E-state index is 0.0199. The Morgan fingerprint density at radius 2 is 1.81 bits per heavy atom. The van der Waals surface area contributed by atoms with Crippen LogP contribution in [0.2, 0.25) is 0 Å². The van der Waals surface area contributed by atoms with Gasteiger partial charge in [-0.15, -0.1) is 13.2 Å². The molecule has 0 saturated carbocycles. The van der Waals surface area contributed by atoms with E-state index >= 15 is 0 Å². The van der Waals surface area contributed by atoms with Crippen molar-refractivity contribution in [1.29, 1.82) is 0 Å². The van der Waals surface area contributed by atoms with E-state index < -0.39 is 6.36 Å². The van der Waals surface area contributed by atoms with Crippen LogP contribution in [-0.2, 0) is 6.42 Å². The maximum Gasteiger partial charge on any atom is 0.573 e. The summed E-state index contributed by atoms with van der Waals surface area (Å²) in [7, 11) is 0. The smallest absolute Gasteiger partial charge is 0.406 e. The van der Waals surface area contributed by atoms with E-state index in [-0.39, 0.29) is 11.7 Å². The van der Waals surface area contributed by atoms with Gasteiger partial charge in [0.1, 0.15) is 5.75 Å². The predicted molar refractivity (Wildman–Crippen MR) is 133 cm³/mol. The average molecular weight is 491 g/mol. The van der Waals surface area contributed by atoms with Crippen LogP contribution in [-0.4, -0.2) is 35.2 Å². The van der Waals surface area contributed by atoms with Gasteiger partial charge in [-0.25, -0.2) is 0 Å². The van der Waals surface area contributed by atoms with Crippen molar-refractivity contribution in [3.8, 4) is 16.9 Å². The summed E-state index contributed by atoms with van der Waals surface area (Å²) in [6, 6.07) is 21.4. The number of amides is 1. The number of hydrogen-bond acceptors (Lipinski definition) is 3. The molecule has 1 unspecified atom stereocenters. The lowest BCUT2D eigenvalue weighted by Crippen LogP contribution is -2.29. The Bertz CT molecular complexity index is 1390. The van der Waals surface area contributed by atoms with Gasteiger partial charge in [0.05, 0.1) is 5.52 Å². The fourth-order valence-corrected chi connectivity index (χ4v) is 5.01. The van der Waals surface area contributed by atoms with E-state index in [4.69, 9.17) is 0 Å². The summed E-state index contributed by atoms with van der Waals surface area (Å²) in [4.78, 5) is 19.8. The summed E-state index contributed by atoms with van der Waals surface area (Å²) < 4.78 is 41.4. The largest absolute Gasteiger partial charge is 0.573 e. The zero-order chi connectivity index (χ0) is 25.3. The van der Waals surface area contributed by atoms with Gasteiger partial charge in [0.2, 0.25) is 0 Å². The highest BCUT2D eigenvalue weighted by Gasteiger charge is 2.31. The lowest BCUT2D eigenvalue weighted by atomic mass is 9.95. The van der Waals surface area contributed by atoms with Crippen LogP contribution in [0.5, 0.6) is 5.75 Å². The summed E-state index contributed by atoms with van der Waals surface area (Å²) >= 11 is 0. The van der Waals surface area contributed by atoms with Gasteiger partial charge in [0.25, 0.3) is 5.91 Å². The number of aromatic nitrogens is 1. The topological polar surface area (TPSA) is 42.4 Å². The van der Waals surface area contributed by atoms with Gasteiger partial charge in [-0.05, 0) is 78.3 Å². The molecule has 0 bridgehead atoms. The number of hydrogen-bond donors (Lipinski definition) is 0. The number of pyridine rings is 1. The number of likely N-dealkylation sites (tertiary alicyclic amines) is 1. The summed E-state index contributed by atoms with van der Waals surface area (Å²) in [6.45, 7) is 3.25. The van der Waals surface area contributed by atoms with Gasteiger partial charge < -0.3 is 9.64 Å². The highest BCUT2D eigenvalue weighted by atomic mass is 19.4. The first-order valence-electron chi connectivity index (χ1n) is 11.9. The number of rotatable bonds is 5. The van der Waals surface area contributed by atoms with Crippen molar-refractivity contribution in [3.63, 3.8) is 0 Å². The van der Waals surface area contributed by atoms with Crippen LogP contribution in [0.15, 0.2) is 79.0 Å². The number of ether oxygens (including phenoxy) is 1. The average Bonchev–Trinajstić information content (AvgIpc) is 3.32. The molecule has 3 aromatic carbocycles. The molecule has 0 radical (unpaired) electrons. The molecule has 1 amide bonds. The summed E-state index contributed by atoms with van der Waals surface area (Å²) in [5.41, 5.74) is 5.16. The molecule has 36 heavy (non-hydrogen) atoms. The van der Waals surface area contributed by atoms with Gasteiger partial charge in [0.15, 0.2) is 0 Å². The molecule has 0 spiro atoms. The Hall–Kier alpha value is -3.87. The monoisotopic (exact) mass is 490 g/mol. The normalized spacial score (nSPS) is 15.9. The minimum atomic E-state index is -4.73. The van der Waals surface area contributed by atoms with Crippen LogP contribution in [0.1, 0.15) is 27.9 Å². The van der Waals surface area contributed by atoms with Gasteiger partial charge in [0, 0.05) is 30.2 Å². The minimum Gasteiger partial charge on any atom is -0.406 e. The number of carbonyl (C=O) groups is 1. The highest BCUT2D eigenvalue weighted by molar-refractivity contribution is 5.97. The summed E-state index contributed by atoms with van der Waals surface area (Å²) in [6.07, 6.45) is -1.08. The van der Waals surface area contributed by atoms with Gasteiger partial charge in [-0.3, -0.25) is 9.78 Å². The maximum atomic E-state index is 13.4. The molecule has 0 aliphatic carbocycles. The second-order valence-corrected chi connectivity index (χ2v) is 9.15. The van der Waals surface area contributed by atoms with Gasteiger partial charge in [-0.1, -0.05) is 42.5 Å². The van der Waals surface area contributed by atoms with E-state index in [2.05, 4.69) is 21.9 Å². The van der Waals surface area contributed by atoms with Crippen molar-refractivity contribution in [2.45, 2.75) is 26.1 Å². The third kappa shape index (κ3) is 5.05. The zero-order valence-corrected chi connectivity index (χ0v) is 19.8. The van der Waals surface area contributed by atoms with Crippen LogP contribution in [0.4, 0.5) is 13.2 Å². The first kappa shape index (κ1) is 23.9. The van der Waals surface area contributed by atoms with Crippen LogP contribution in [0.3, 0.4) is 0 Å². The van der Waals surface area contributed by atoms with Crippen molar-refractivity contribution in [1.82, 2.24) is 9.88 Å². The Morgan fingerprint density at radius 3 is 2.58 bits per heavy atom. The van der Waals surface area contributed by atoms with Crippen LogP contribution >= 0.6 is 0 Å². The molecule has 1 saturated heterocycles. The fraction of sp³-hybridized carbons (Fsp3) is 0.241. The zero-order valence-electron chi connectivity index (χ0n) is 19.8. The highest BCUT2D eigenvalue weighted by Crippen LogP contribution is 2.31. The van der Waals surface area contributed by atoms with E-state index in [0.717, 1.165) is 40.4 Å². The van der Waals surface area contributed by atoms with E-state index in [1.807, 2.05) is 54.4 Å². The number of nitrogens with zero attached hydrogens (tertiary/aromatic N) is 2. The number of carbonyl (C=O) groups excluding carboxylic acids is 1. The molecular formula is C29H25F3N2O2. The molecule has 4 nitrogen and oxygen atoms in total. The van der Waals surface area contributed by atoms with Crippen molar-refractivity contribution in [2.24, 2.45) is 5.92 Å². The Morgan fingerprint density at radius 1 is 1.03 bits per heavy atom. The lowest BCUT2D eigenvalue weighted by molar-refractivity contribution is -0.274. The molecule has 1 aliphatic heterocycles. The molecule has 1 fully saturated rings. The van der Waals surface area contributed by atoms with E-state index in [9.17, 15) is 18.0 Å². The van der Waals surface area contributed by atoms with Crippen molar-refractivity contribution in [3.05, 3.63) is 95.7 Å². The van der Waals surface area contributed by atoms with Crippen LogP contribution in [0.25, 0.3) is 22.0 Å². The van der Waals surface area contributed by atoms with Crippen LogP contribution in [0, 0.1) is 12.8 Å². The standard InChI is InChI=1S/C29H25F3N2O2/c1-19-24(21-9-11-23(12-10-21)36-29(30,31)32)6-4-7-25(19)28(35)34-16-14-20(18-34)17-22-13-15-33-27-8-3-2-5-26(22)27/h2-13,15,20H,14,16-18H2,1H3. The van der Waals surface area contributed by atoms with Crippen molar-refractivity contribution >= 4 is 16.8 Å². The fourth-order valence-electron chi connectivity index (χ4n) is 5.01. The maximum absolute atomic E-state index is 13.4. The molecule has 1 atom stereocenters. The number of fused-ring (bicyclic) bond motifs is 1. The van der Waals surface area contributed by atoms with E-state index in [0.29, 0.717) is 24.6 Å². The van der Waals surface area contributed by atoms with E-state index in [1.165, 1.54) is 17.7 Å².